The molecule has 0 amide bonds. The molecule has 1 fully saturated rings. The van der Waals surface area contributed by atoms with Crippen molar-refractivity contribution in [3.05, 3.63) is 35.4 Å². The van der Waals surface area contributed by atoms with Crippen molar-refractivity contribution in [3.63, 3.8) is 0 Å². The summed E-state index contributed by atoms with van der Waals surface area (Å²) in [6.45, 7) is 11.9. The van der Waals surface area contributed by atoms with E-state index < -0.39 is 0 Å². The van der Waals surface area contributed by atoms with E-state index in [2.05, 4.69) is 64.2 Å². The Morgan fingerprint density at radius 2 is 1.95 bits per heavy atom. The zero-order valence-electron chi connectivity index (χ0n) is 12.9. The fourth-order valence-electron chi connectivity index (χ4n) is 2.91. The smallest absolute Gasteiger partial charge is 0.0655 e. The Hall–Kier alpha value is -0.860. The quantitative estimate of drug-likeness (QED) is 0.869. The van der Waals surface area contributed by atoms with Crippen LogP contribution in [0.2, 0.25) is 0 Å². The van der Waals surface area contributed by atoms with Crippen LogP contribution in [0.4, 0.5) is 0 Å². The summed E-state index contributed by atoms with van der Waals surface area (Å²) >= 11 is 0. The molecule has 1 aromatic rings. The van der Waals surface area contributed by atoms with Gasteiger partial charge >= 0.3 is 0 Å². The molecule has 1 aliphatic rings. The highest BCUT2D eigenvalue weighted by atomic mass is 16.5. The van der Waals surface area contributed by atoms with Gasteiger partial charge in [-0.2, -0.15) is 0 Å². The van der Waals surface area contributed by atoms with Gasteiger partial charge in [0.15, 0.2) is 0 Å². The molecule has 0 spiro atoms. The largest absolute Gasteiger partial charge is 0.378 e. The highest BCUT2D eigenvalue weighted by Crippen LogP contribution is 2.43. The van der Waals surface area contributed by atoms with Crippen molar-refractivity contribution in [1.82, 2.24) is 5.32 Å². The number of nitrogens with one attached hydrogen (secondary N) is 1. The fraction of sp³-hybridized carbons (Fsp3) is 0.647. The maximum Gasteiger partial charge on any atom is 0.0655 e. The highest BCUT2D eigenvalue weighted by molar-refractivity contribution is 5.24. The normalized spacial score (nSPS) is 26.8. The van der Waals surface area contributed by atoms with E-state index in [4.69, 9.17) is 4.74 Å². The van der Waals surface area contributed by atoms with E-state index in [1.807, 2.05) is 0 Å². The van der Waals surface area contributed by atoms with Gasteiger partial charge in [0, 0.05) is 24.1 Å². The van der Waals surface area contributed by atoms with Gasteiger partial charge < -0.3 is 10.1 Å². The lowest BCUT2D eigenvalue weighted by molar-refractivity contribution is -0.116. The summed E-state index contributed by atoms with van der Waals surface area (Å²) in [5.74, 6) is 0. The molecule has 106 valence electrons. The van der Waals surface area contributed by atoms with Crippen LogP contribution >= 0.6 is 0 Å². The van der Waals surface area contributed by atoms with E-state index in [-0.39, 0.29) is 5.41 Å². The van der Waals surface area contributed by atoms with Gasteiger partial charge in [0.2, 0.25) is 0 Å². The summed E-state index contributed by atoms with van der Waals surface area (Å²) in [7, 11) is 0. The maximum atomic E-state index is 5.79. The Balaban J connectivity index is 1.93. The number of hydrogen-bond donors (Lipinski definition) is 1. The van der Waals surface area contributed by atoms with Crippen molar-refractivity contribution in [2.75, 3.05) is 6.61 Å². The summed E-state index contributed by atoms with van der Waals surface area (Å²) in [5.41, 5.74) is 2.91. The molecular formula is C17H27NO. The molecule has 2 rings (SSSR count). The van der Waals surface area contributed by atoms with Gasteiger partial charge in [0.1, 0.15) is 0 Å². The molecule has 2 unspecified atom stereocenters. The SMILES string of the molecule is CCOC1CC(N[C@@H](C)c2ccc(C)cc2)C1(C)C. The molecule has 3 atom stereocenters. The van der Waals surface area contributed by atoms with Crippen molar-refractivity contribution in [2.45, 2.75) is 59.2 Å². The van der Waals surface area contributed by atoms with Gasteiger partial charge in [-0.25, -0.2) is 0 Å². The predicted octanol–water partition coefficient (Wildman–Crippen LogP) is 3.85. The van der Waals surface area contributed by atoms with E-state index in [9.17, 15) is 0 Å². The number of ether oxygens (including phenoxy) is 1. The standard InChI is InChI=1S/C17H27NO/c1-6-19-16-11-15(17(16,4)5)18-13(3)14-9-7-12(2)8-10-14/h7-10,13,15-16,18H,6,11H2,1-5H3/t13-,15?,16?/m0/s1. The first kappa shape index (κ1) is 14.5. The molecule has 1 aliphatic carbocycles. The summed E-state index contributed by atoms with van der Waals surface area (Å²) in [6.07, 6.45) is 1.53. The molecule has 0 bridgehead atoms. The van der Waals surface area contributed by atoms with Crippen LogP contribution in [-0.2, 0) is 4.74 Å². The van der Waals surface area contributed by atoms with Crippen LogP contribution in [0, 0.1) is 12.3 Å². The van der Waals surface area contributed by atoms with Gasteiger partial charge in [-0.15, -0.1) is 0 Å². The molecule has 0 saturated heterocycles. The first-order valence-corrected chi connectivity index (χ1v) is 7.39. The van der Waals surface area contributed by atoms with Gasteiger partial charge in [-0.3, -0.25) is 0 Å². The van der Waals surface area contributed by atoms with E-state index in [1.165, 1.54) is 11.1 Å². The third-order valence-corrected chi connectivity index (χ3v) is 4.57. The molecule has 0 heterocycles. The minimum Gasteiger partial charge on any atom is -0.378 e. The van der Waals surface area contributed by atoms with Crippen LogP contribution < -0.4 is 5.32 Å². The molecule has 19 heavy (non-hydrogen) atoms. The van der Waals surface area contributed by atoms with Crippen LogP contribution in [-0.4, -0.2) is 18.8 Å². The maximum absolute atomic E-state index is 5.79. The molecule has 2 heteroatoms. The van der Waals surface area contributed by atoms with E-state index in [1.54, 1.807) is 0 Å². The lowest BCUT2D eigenvalue weighted by atomic mass is 9.64. The van der Waals surface area contributed by atoms with Crippen LogP contribution in [0.15, 0.2) is 24.3 Å². The Morgan fingerprint density at radius 3 is 2.47 bits per heavy atom. The second-order valence-electron chi connectivity index (χ2n) is 6.35. The Kier molecular flexibility index (Phi) is 4.32. The summed E-state index contributed by atoms with van der Waals surface area (Å²) < 4.78 is 5.79. The first-order chi connectivity index (χ1) is 8.95. The number of benzene rings is 1. The van der Waals surface area contributed by atoms with Gasteiger partial charge in [-0.05, 0) is 32.8 Å². The molecular weight excluding hydrogens is 234 g/mol. The van der Waals surface area contributed by atoms with Crippen molar-refractivity contribution in [2.24, 2.45) is 5.41 Å². The van der Waals surface area contributed by atoms with Crippen LogP contribution in [0.3, 0.4) is 0 Å². The second kappa shape index (κ2) is 5.64. The number of aryl methyl sites for hydroxylation is 1. The van der Waals surface area contributed by atoms with Crippen LogP contribution in [0.5, 0.6) is 0 Å². The van der Waals surface area contributed by atoms with Crippen LogP contribution in [0.25, 0.3) is 0 Å². The van der Waals surface area contributed by atoms with Gasteiger partial charge in [0.05, 0.1) is 6.10 Å². The van der Waals surface area contributed by atoms with Gasteiger partial charge in [-0.1, -0.05) is 43.7 Å². The monoisotopic (exact) mass is 261 g/mol. The predicted molar refractivity (Wildman–Crippen MR) is 80.3 cm³/mol. The zero-order valence-corrected chi connectivity index (χ0v) is 12.9. The Morgan fingerprint density at radius 1 is 1.32 bits per heavy atom. The summed E-state index contributed by atoms with van der Waals surface area (Å²) in [6, 6.07) is 9.75. The third kappa shape index (κ3) is 3.01. The molecule has 0 aliphatic heterocycles. The third-order valence-electron chi connectivity index (χ3n) is 4.57. The van der Waals surface area contributed by atoms with Crippen molar-refractivity contribution >= 4 is 0 Å². The van der Waals surface area contributed by atoms with Crippen molar-refractivity contribution in [3.8, 4) is 0 Å². The van der Waals surface area contributed by atoms with E-state index >= 15 is 0 Å². The lowest BCUT2D eigenvalue weighted by Gasteiger charge is -2.52. The molecule has 1 aromatic carbocycles. The first-order valence-electron chi connectivity index (χ1n) is 7.39. The Bertz CT molecular complexity index is 410. The molecule has 0 aromatic heterocycles. The number of rotatable bonds is 5. The average Bonchev–Trinajstić information content (AvgIpc) is 2.38. The van der Waals surface area contributed by atoms with Crippen molar-refractivity contribution in [1.29, 1.82) is 0 Å². The molecule has 0 radical (unpaired) electrons. The zero-order chi connectivity index (χ0) is 14.0. The summed E-state index contributed by atoms with van der Waals surface area (Å²) in [4.78, 5) is 0. The fourth-order valence-corrected chi connectivity index (χ4v) is 2.91. The average molecular weight is 261 g/mol. The number of hydrogen-bond acceptors (Lipinski definition) is 2. The van der Waals surface area contributed by atoms with Gasteiger partial charge in [0.25, 0.3) is 0 Å². The van der Waals surface area contributed by atoms with Crippen molar-refractivity contribution < 1.29 is 4.74 Å². The highest BCUT2D eigenvalue weighted by Gasteiger charge is 2.48. The van der Waals surface area contributed by atoms with Crippen LogP contribution in [0.1, 0.15) is 51.3 Å². The van der Waals surface area contributed by atoms with E-state index in [0.29, 0.717) is 18.2 Å². The molecule has 2 nitrogen and oxygen atoms in total. The minimum absolute atomic E-state index is 0.231. The van der Waals surface area contributed by atoms with E-state index in [0.717, 1.165) is 13.0 Å². The second-order valence-corrected chi connectivity index (χ2v) is 6.35. The summed E-state index contributed by atoms with van der Waals surface area (Å²) in [5, 5.41) is 3.75. The molecule has 1 N–H and O–H groups in total. The Labute approximate surface area is 117 Å². The topological polar surface area (TPSA) is 21.3 Å². The molecule has 1 saturated carbocycles. The lowest BCUT2D eigenvalue weighted by Crippen LogP contribution is -2.61. The minimum atomic E-state index is 0.231.